The molecule has 0 spiro atoms. The van der Waals surface area contributed by atoms with Crippen LogP contribution in [0.15, 0.2) is 36.4 Å². The van der Waals surface area contributed by atoms with E-state index in [9.17, 15) is 8.78 Å². The lowest BCUT2D eigenvalue weighted by atomic mass is 9.91. The van der Waals surface area contributed by atoms with E-state index in [1.54, 1.807) is 7.11 Å². The van der Waals surface area contributed by atoms with Crippen molar-refractivity contribution in [1.82, 2.24) is 0 Å². The van der Waals surface area contributed by atoms with Crippen LogP contribution in [0.1, 0.15) is 30.4 Å². The van der Waals surface area contributed by atoms with Gasteiger partial charge in [0.2, 0.25) is 0 Å². The molecule has 2 aromatic carbocycles. The third kappa shape index (κ3) is 4.23. The van der Waals surface area contributed by atoms with E-state index >= 15 is 0 Å². The Morgan fingerprint density at radius 1 is 1.17 bits per heavy atom. The van der Waals surface area contributed by atoms with Crippen molar-refractivity contribution in [1.29, 1.82) is 0 Å². The zero-order valence-corrected chi connectivity index (χ0v) is 14.0. The molecule has 0 aliphatic carbocycles. The molecular formula is C19H23F2NO2. The Labute approximate surface area is 141 Å². The Balaban J connectivity index is 2.35. The molecule has 1 unspecified atom stereocenters. The summed E-state index contributed by atoms with van der Waals surface area (Å²) >= 11 is 0. The van der Waals surface area contributed by atoms with Gasteiger partial charge in [-0.1, -0.05) is 19.1 Å². The monoisotopic (exact) mass is 335 g/mol. The molecule has 0 aromatic heterocycles. The van der Waals surface area contributed by atoms with Gasteiger partial charge in [0.1, 0.15) is 11.6 Å². The Morgan fingerprint density at radius 2 is 1.96 bits per heavy atom. The molecule has 2 N–H and O–H groups in total. The largest absolute Gasteiger partial charge is 0.493 e. The molecule has 0 amide bonds. The zero-order chi connectivity index (χ0) is 17.5. The van der Waals surface area contributed by atoms with Gasteiger partial charge in [0.15, 0.2) is 11.5 Å². The van der Waals surface area contributed by atoms with Crippen LogP contribution in [-0.2, 0) is 6.42 Å². The molecule has 130 valence electrons. The van der Waals surface area contributed by atoms with Crippen LogP contribution in [0.25, 0.3) is 0 Å². The molecule has 0 heterocycles. The van der Waals surface area contributed by atoms with E-state index in [0.29, 0.717) is 24.5 Å². The van der Waals surface area contributed by atoms with Gasteiger partial charge >= 0.3 is 0 Å². The molecule has 2 aromatic rings. The highest BCUT2D eigenvalue weighted by Crippen LogP contribution is 2.35. The third-order valence-electron chi connectivity index (χ3n) is 3.88. The van der Waals surface area contributed by atoms with Gasteiger partial charge in [0.05, 0.1) is 13.7 Å². The Kier molecular flexibility index (Phi) is 6.55. The zero-order valence-electron chi connectivity index (χ0n) is 14.0. The van der Waals surface area contributed by atoms with E-state index in [1.165, 1.54) is 6.07 Å². The molecule has 5 heteroatoms. The second-order valence-electron chi connectivity index (χ2n) is 5.60. The summed E-state index contributed by atoms with van der Waals surface area (Å²) in [7, 11) is 1.57. The van der Waals surface area contributed by atoms with Crippen molar-refractivity contribution in [3.63, 3.8) is 0 Å². The molecule has 24 heavy (non-hydrogen) atoms. The third-order valence-corrected chi connectivity index (χ3v) is 3.88. The fourth-order valence-corrected chi connectivity index (χ4v) is 2.66. The van der Waals surface area contributed by atoms with E-state index in [-0.39, 0.29) is 18.0 Å². The highest BCUT2D eigenvalue weighted by Gasteiger charge is 2.19. The molecule has 0 fully saturated rings. The van der Waals surface area contributed by atoms with Gasteiger partial charge in [-0.25, -0.2) is 8.78 Å². The highest BCUT2D eigenvalue weighted by atomic mass is 19.1. The predicted molar refractivity (Wildman–Crippen MR) is 90.6 cm³/mol. The summed E-state index contributed by atoms with van der Waals surface area (Å²) in [6.07, 6.45) is 1.30. The summed E-state index contributed by atoms with van der Waals surface area (Å²) in [6, 6.07) is 9.01. The van der Waals surface area contributed by atoms with Crippen molar-refractivity contribution >= 4 is 0 Å². The van der Waals surface area contributed by atoms with E-state index in [1.807, 2.05) is 25.1 Å². The average molecular weight is 335 g/mol. The van der Waals surface area contributed by atoms with E-state index < -0.39 is 11.6 Å². The van der Waals surface area contributed by atoms with Crippen LogP contribution in [0, 0.1) is 11.6 Å². The summed E-state index contributed by atoms with van der Waals surface area (Å²) in [5, 5.41) is 0. The van der Waals surface area contributed by atoms with Gasteiger partial charge in [-0.2, -0.15) is 0 Å². The first-order valence-corrected chi connectivity index (χ1v) is 8.04. The van der Waals surface area contributed by atoms with E-state index in [2.05, 4.69) is 0 Å². The van der Waals surface area contributed by atoms with Crippen molar-refractivity contribution in [2.24, 2.45) is 5.73 Å². The van der Waals surface area contributed by atoms with Gasteiger partial charge in [0.25, 0.3) is 0 Å². The second-order valence-corrected chi connectivity index (χ2v) is 5.60. The topological polar surface area (TPSA) is 44.5 Å². The Morgan fingerprint density at radius 3 is 2.62 bits per heavy atom. The smallest absolute Gasteiger partial charge is 0.164 e. The van der Waals surface area contributed by atoms with Crippen LogP contribution < -0.4 is 15.2 Å². The summed E-state index contributed by atoms with van der Waals surface area (Å²) in [5.74, 6) is -0.0194. The molecular weight excluding hydrogens is 312 g/mol. The van der Waals surface area contributed by atoms with Crippen LogP contribution in [0.4, 0.5) is 8.78 Å². The normalized spacial score (nSPS) is 12.0. The quantitative estimate of drug-likeness (QED) is 0.791. The maximum absolute atomic E-state index is 14.1. The predicted octanol–water partition coefficient (Wildman–Crippen LogP) is 4.05. The van der Waals surface area contributed by atoms with Crippen molar-refractivity contribution in [2.75, 3.05) is 20.3 Å². The summed E-state index contributed by atoms with van der Waals surface area (Å²) in [6.45, 7) is 2.76. The number of nitrogens with two attached hydrogens (primary N) is 1. The molecule has 0 radical (unpaired) electrons. The fourth-order valence-electron chi connectivity index (χ4n) is 2.66. The van der Waals surface area contributed by atoms with Crippen LogP contribution in [0.5, 0.6) is 11.5 Å². The number of halogens is 2. The molecule has 3 nitrogen and oxygen atoms in total. The minimum atomic E-state index is -0.474. The van der Waals surface area contributed by atoms with E-state index in [4.69, 9.17) is 15.2 Å². The van der Waals surface area contributed by atoms with Crippen molar-refractivity contribution in [2.45, 2.75) is 25.7 Å². The molecule has 0 saturated carbocycles. The van der Waals surface area contributed by atoms with Gasteiger partial charge in [-0.3, -0.25) is 0 Å². The van der Waals surface area contributed by atoms with E-state index in [0.717, 1.165) is 24.1 Å². The van der Waals surface area contributed by atoms with Crippen molar-refractivity contribution in [3.05, 3.63) is 59.2 Å². The minimum Gasteiger partial charge on any atom is -0.493 e. The average Bonchev–Trinajstić information content (AvgIpc) is 2.60. The standard InChI is InChI=1S/C19H23F2NO2/c1-3-9-24-19-13(5-4-6-18(19)23-2)10-14(12-22)16-11-15(20)7-8-17(16)21/h4-8,11,14H,3,9-10,12,22H2,1-2H3. The Bertz CT molecular complexity index is 676. The van der Waals surface area contributed by atoms with Crippen LogP contribution in [-0.4, -0.2) is 20.3 Å². The fraction of sp³-hybridized carbons (Fsp3) is 0.368. The lowest BCUT2D eigenvalue weighted by Crippen LogP contribution is -2.17. The maximum atomic E-state index is 14.1. The first-order chi connectivity index (χ1) is 11.6. The van der Waals surface area contributed by atoms with Crippen molar-refractivity contribution in [3.8, 4) is 11.5 Å². The summed E-state index contributed by atoms with van der Waals surface area (Å²) in [4.78, 5) is 0. The van der Waals surface area contributed by atoms with Crippen LogP contribution in [0.2, 0.25) is 0 Å². The SMILES string of the molecule is CCCOc1c(CC(CN)c2cc(F)ccc2F)cccc1OC. The van der Waals surface area contributed by atoms with Gasteiger partial charge in [-0.05, 0) is 54.8 Å². The molecule has 0 aliphatic heterocycles. The maximum Gasteiger partial charge on any atom is 0.164 e. The van der Waals surface area contributed by atoms with Gasteiger partial charge in [0, 0.05) is 5.92 Å². The molecule has 0 saturated heterocycles. The van der Waals surface area contributed by atoms with Crippen molar-refractivity contribution < 1.29 is 18.3 Å². The van der Waals surface area contributed by atoms with Crippen LogP contribution in [0.3, 0.4) is 0 Å². The molecule has 2 rings (SSSR count). The number of benzene rings is 2. The number of hydrogen-bond donors (Lipinski definition) is 1. The highest BCUT2D eigenvalue weighted by molar-refractivity contribution is 5.47. The van der Waals surface area contributed by atoms with Gasteiger partial charge < -0.3 is 15.2 Å². The van der Waals surface area contributed by atoms with Crippen LogP contribution >= 0.6 is 0 Å². The minimum absolute atomic E-state index is 0.199. The summed E-state index contributed by atoms with van der Waals surface area (Å²) < 4.78 is 38.7. The lowest BCUT2D eigenvalue weighted by Gasteiger charge is -2.20. The summed E-state index contributed by atoms with van der Waals surface area (Å²) in [5.41, 5.74) is 6.97. The molecule has 1 atom stereocenters. The Hall–Kier alpha value is -2.14. The second kappa shape index (κ2) is 8.64. The number of methoxy groups -OCH3 is 1. The molecule has 0 aliphatic rings. The molecule has 0 bridgehead atoms. The first kappa shape index (κ1) is 18.2. The van der Waals surface area contributed by atoms with Gasteiger partial charge in [-0.15, -0.1) is 0 Å². The number of ether oxygens (including phenoxy) is 2. The number of rotatable bonds is 8. The first-order valence-electron chi connectivity index (χ1n) is 8.04. The number of hydrogen-bond acceptors (Lipinski definition) is 3. The number of para-hydroxylation sites is 1. The lowest BCUT2D eigenvalue weighted by molar-refractivity contribution is 0.290.